The molecule has 1 heterocycles. The Hall–Kier alpha value is -4.92. The Kier molecular flexibility index (Phi) is 7.60. The lowest BCUT2D eigenvalue weighted by molar-refractivity contribution is -0.131. The van der Waals surface area contributed by atoms with Gasteiger partial charge in [0.15, 0.2) is 11.5 Å². The van der Waals surface area contributed by atoms with Crippen molar-refractivity contribution in [3.05, 3.63) is 78.7 Å². The van der Waals surface area contributed by atoms with Crippen LogP contribution in [0.1, 0.15) is 12.8 Å². The van der Waals surface area contributed by atoms with Gasteiger partial charge in [-0.05, 0) is 73.5 Å². The SMILES string of the molecule is COc1cc2c(Oc3ccc(NC(=O)C4(C(=O)Nc5ccc(F)cc5)CC4)cc3)ccnc2cc1OS(=O)(=O)C(F)(F)F. The van der Waals surface area contributed by atoms with E-state index in [1.54, 1.807) is 12.1 Å². The summed E-state index contributed by atoms with van der Waals surface area (Å²) in [5.74, 6) is -1.97. The third-order valence-corrected chi connectivity index (χ3v) is 7.50. The number of carbonyl (C=O) groups is 2. The van der Waals surface area contributed by atoms with Crippen LogP contribution in [0.3, 0.4) is 0 Å². The first-order valence-electron chi connectivity index (χ1n) is 12.5. The fraction of sp³-hybridized carbons (Fsp3) is 0.179. The van der Waals surface area contributed by atoms with E-state index >= 15 is 0 Å². The number of carbonyl (C=O) groups excluding carboxylic acids is 2. The van der Waals surface area contributed by atoms with Crippen LogP contribution in [0.2, 0.25) is 0 Å². The van der Waals surface area contributed by atoms with Crippen molar-refractivity contribution in [2.45, 2.75) is 18.3 Å². The summed E-state index contributed by atoms with van der Waals surface area (Å²) >= 11 is 0. The number of anilines is 2. The van der Waals surface area contributed by atoms with Crippen LogP contribution in [0.15, 0.2) is 72.9 Å². The standard InChI is InChI=1S/C28H21F4N3O7S/c1-40-23-14-20-21(15-24(23)42-43(38,39)28(30,31)32)33-13-10-22(20)41-19-8-6-18(7-9-19)35-26(37)27(11-12-27)25(36)34-17-4-2-16(29)3-5-17/h2-10,13-15H,11-12H2,1H3,(H,34,36)(H,35,37). The van der Waals surface area contributed by atoms with Crippen LogP contribution < -0.4 is 24.3 Å². The number of ether oxygens (including phenoxy) is 2. The molecule has 0 aliphatic heterocycles. The number of pyridine rings is 1. The molecule has 43 heavy (non-hydrogen) atoms. The number of amides is 2. The fourth-order valence-corrected chi connectivity index (χ4v) is 4.52. The Morgan fingerprint density at radius 1 is 0.860 bits per heavy atom. The molecule has 15 heteroatoms. The lowest BCUT2D eigenvalue weighted by Crippen LogP contribution is -2.35. The molecule has 3 aromatic carbocycles. The van der Waals surface area contributed by atoms with Crippen molar-refractivity contribution in [2.75, 3.05) is 17.7 Å². The zero-order valence-corrected chi connectivity index (χ0v) is 22.9. The van der Waals surface area contributed by atoms with Crippen molar-refractivity contribution in [3.8, 4) is 23.0 Å². The molecule has 2 N–H and O–H groups in total. The van der Waals surface area contributed by atoms with E-state index in [4.69, 9.17) is 9.47 Å². The van der Waals surface area contributed by atoms with Gasteiger partial charge in [-0.2, -0.15) is 21.6 Å². The number of fused-ring (bicyclic) bond motifs is 1. The van der Waals surface area contributed by atoms with Crippen LogP contribution >= 0.6 is 0 Å². The number of rotatable bonds is 9. The van der Waals surface area contributed by atoms with Gasteiger partial charge < -0.3 is 24.3 Å². The highest BCUT2D eigenvalue weighted by atomic mass is 32.2. The summed E-state index contributed by atoms with van der Waals surface area (Å²) in [7, 11) is -4.83. The van der Waals surface area contributed by atoms with E-state index in [0.29, 0.717) is 30.0 Å². The van der Waals surface area contributed by atoms with Gasteiger partial charge in [0.25, 0.3) is 0 Å². The van der Waals surface area contributed by atoms with Gasteiger partial charge in [-0.25, -0.2) is 4.39 Å². The number of nitrogens with one attached hydrogen (secondary N) is 2. The first-order valence-corrected chi connectivity index (χ1v) is 13.9. The third kappa shape index (κ3) is 6.16. The number of aromatic nitrogens is 1. The van der Waals surface area contributed by atoms with Gasteiger partial charge in [-0.15, -0.1) is 0 Å². The molecule has 0 radical (unpaired) electrons. The summed E-state index contributed by atoms with van der Waals surface area (Å²) < 4.78 is 89.8. The average Bonchev–Trinajstić information content (AvgIpc) is 3.77. The van der Waals surface area contributed by atoms with Gasteiger partial charge in [-0.1, -0.05) is 0 Å². The number of hydrogen-bond donors (Lipinski definition) is 2. The number of benzene rings is 3. The highest BCUT2D eigenvalue weighted by Crippen LogP contribution is 2.47. The zero-order chi connectivity index (χ0) is 31.0. The molecule has 4 aromatic rings. The first-order chi connectivity index (χ1) is 20.3. The maximum absolute atomic E-state index is 13.1. The van der Waals surface area contributed by atoms with E-state index in [1.165, 1.54) is 54.7 Å². The van der Waals surface area contributed by atoms with Crippen LogP contribution in [0.4, 0.5) is 28.9 Å². The molecule has 0 unspecified atom stereocenters. The fourth-order valence-electron chi connectivity index (χ4n) is 4.06. The minimum Gasteiger partial charge on any atom is -0.493 e. The number of nitrogens with zero attached hydrogens (tertiary/aromatic N) is 1. The predicted octanol–water partition coefficient (Wildman–Crippen LogP) is 5.76. The van der Waals surface area contributed by atoms with Crippen LogP contribution in [-0.2, 0) is 19.7 Å². The van der Waals surface area contributed by atoms with Gasteiger partial charge in [0.05, 0.1) is 12.6 Å². The highest BCUT2D eigenvalue weighted by Gasteiger charge is 2.56. The molecule has 0 saturated heterocycles. The summed E-state index contributed by atoms with van der Waals surface area (Å²) in [5.41, 5.74) is -6.09. The molecule has 224 valence electrons. The maximum atomic E-state index is 13.1. The van der Waals surface area contributed by atoms with E-state index in [-0.39, 0.29) is 22.4 Å². The largest absolute Gasteiger partial charge is 0.534 e. The quantitative estimate of drug-likeness (QED) is 0.105. The zero-order valence-electron chi connectivity index (χ0n) is 22.1. The van der Waals surface area contributed by atoms with E-state index in [2.05, 4.69) is 19.8 Å². The number of halogens is 4. The Balaban J connectivity index is 1.29. The molecule has 1 fully saturated rings. The second kappa shape index (κ2) is 11.1. The molecule has 1 aliphatic carbocycles. The van der Waals surface area contributed by atoms with E-state index in [0.717, 1.165) is 13.2 Å². The van der Waals surface area contributed by atoms with Gasteiger partial charge >= 0.3 is 15.6 Å². The lowest BCUT2D eigenvalue weighted by atomic mass is 10.0. The molecule has 10 nitrogen and oxygen atoms in total. The molecule has 0 spiro atoms. The van der Waals surface area contributed by atoms with Crippen molar-refractivity contribution < 1.29 is 49.2 Å². The van der Waals surface area contributed by atoms with Crippen molar-refractivity contribution >= 4 is 44.2 Å². The van der Waals surface area contributed by atoms with E-state index in [9.17, 15) is 35.6 Å². The van der Waals surface area contributed by atoms with Crippen LogP contribution in [0.25, 0.3) is 10.9 Å². The Morgan fingerprint density at radius 3 is 1.98 bits per heavy atom. The average molecular weight is 620 g/mol. The van der Waals surface area contributed by atoms with Gasteiger partial charge in [0.2, 0.25) is 11.8 Å². The van der Waals surface area contributed by atoms with Gasteiger partial charge in [0.1, 0.15) is 22.7 Å². The van der Waals surface area contributed by atoms with Crippen LogP contribution in [-0.4, -0.2) is 37.8 Å². The number of alkyl halides is 3. The third-order valence-electron chi connectivity index (χ3n) is 6.53. The molecule has 5 rings (SSSR count). The molecule has 1 saturated carbocycles. The Bertz CT molecular complexity index is 1810. The Morgan fingerprint density at radius 2 is 1.44 bits per heavy atom. The predicted molar refractivity (Wildman–Crippen MR) is 146 cm³/mol. The topological polar surface area (TPSA) is 133 Å². The summed E-state index contributed by atoms with van der Waals surface area (Å²) in [4.78, 5) is 29.8. The van der Waals surface area contributed by atoms with Crippen molar-refractivity contribution in [3.63, 3.8) is 0 Å². The molecule has 1 aliphatic rings. The maximum Gasteiger partial charge on any atom is 0.534 e. The highest BCUT2D eigenvalue weighted by molar-refractivity contribution is 7.88. The molecule has 2 amide bonds. The van der Waals surface area contributed by atoms with E-state index in [1.807, 2.05) is 0 Å². The second-order valence-electron chi connectivity index (χ2n) is 9.44. The van der Waals surface area contributed by atoms with Gasteiger partial charge in [-0.3, -0.25) is 14.6 Å². The normalized spacial score (nSPS) is 14.1. The van der Waals surface area contributed by atoms with Gasteiger partial charge in [0, 0.05) is 29.0 Å². The molecular weight excluding hydrogens is 598 g/mol. The van der Waals surface area contributed by atoms with Crippen molar-refractivity contribution in [1.29, 1.82) is 0 Å². The van der Waals surface area contributed by atoms with Crippen molar-refractivity contribution in [1.82, 2.24) is 4.98 Å². The minimum absolute atomic E-state index is 0.0585. The monoisotopic (exact) mass is 619 g/mol. The Labute approximate surface area is 241 Å². The molecule has 0 bridgehead atoms. The number of methoxy groups -OCH3 is 1. The molecule has 0 atom stereocenters. The summed E-state index contributed by atoms with van der Waals surface area (Å²) in [6, 6.07) is 15.0. The van der Waals surface area contributed by atoms with Crippen LogP contribution in [0, 0.1) is 11.2 Å². The van der Waals surface area contributed by atoms with E-state index < -0.39 is 44.4 Å². The minimum atomic E-state index is -5.95. The van der Waals surface area contributed by atoms with Crippen molar-refractivity contribution in [2.24, 2.45) is 5.41 Å². The summed E-state index contributed by atoms with van der Waals surface area (Å²) in [6.07, 6.45) is 1.99. The summed E-state index contributed by atoms with van der Waals surface area (Å²) in [5, 5.41) is 5.61. The first kappa shape index (κ1) is 29.6. The second-order valence-corrected chi connectivity index (χ2v) is 11.0. The number of hydrogen-bond acceptors (Lipinski definition) is 8. The molecular formula is C28H21F4N3O7S. The smallest absolute Gasteiger partial charge is 0.493 e. The van der Waals surface area contributed by atoms with Crippen LogP contribution in [0.5, 0.6) is 23.0 Å². The summed E-state index contributed by atoms with van der Waals surface area (Å²) in [6.45, 7) is 0. The lowest BCUT2D eigenvalue weighted by Gasteiger charge is -2.16. The molecule has 1 aromatic heterocycles.